The quantitative estimate of drug-likeness (QED) is 0.625. The highest BCUT2D eigenvalue weighted by Crippen LogP contribution is 2.17. The first kappa shape index (κ1) is 21.9. The lowest BCUT2D eigenvalue weighted by molar-refractivity contribution is -0.124. The van der Waals surface area contributed by atoms with Crippen molar-refractivity contribution in [3.8, 4) is 5.75 Å². The maximum Gasteiger partial charge on any atom is 0.269 e. The van der Waals surface area contributed by atoms with Gasteiger partial charge in [-0.15, -0.1) is 0 Å². The number of hydrogen-bond acceptors (Lipinski definition) is 4. The second-order valence-electron chi connectivity index (χ2n) is 7.06. The molecule has 7 nitrogen and oxygen atoms in total. The molecule has 0 aromatic heterocycles. The highest BCUT2D eigenvalue weighted by atomic mass is 16.5. The van der Waals surface area contributed by atoms with E-state index in [1.54, 1.807) is 24.3 Å². The summed E-state index contributed by atoms with van der Waals surface area (Å²) >= 11 is 0. The summed E-state index contributed by atoms with van der Waals surface area (Å²) < 4.78 is 5.55. The van der Waals surface area contributed by atoms with Crippen molar-refractivity contribution in [2.75, 3.05) is 5.32 Å². The van der Waals surface area contributed by atoms with Gasteiger partial charge in [0.2, 0.25) is 11.8 Å². The van der Waals surface area contributed by atoms with Gasteiger partial charge in [0.25, 0.3) is 5.91 Å². The number of hydrogen-bond donors (Lipinski definition) is 3. The molecule has 0 heterocycles. The molecule has 0 aliphatic carbocycles. The lowest BCUT2D eigenvalue weighted by Crippen LogP contribution is -2.41. The van der Waals surface area contributed by atoms with Crippen LogP contribution in [-0.4, -0.2) is 23.8 Å². The van der Waals surface area contributed by atoms with Crippen molar-refractivity contribution < 1.29 is 19.1 Å². The van der Waals surface area contributed by atoms with Gasteiger partial charge in [0.15, 0.2) is 0 Å². The lowest BCUT2D eigenvalue weighted by Gasteiger charge is -2.12. The fraction of sp³-hybridized carbons (Fsp3) is 0.318. The Kier molecular flexibility index (Phi) is 7.77. The summed E-state index contributed by atoms with van der Waals surface area (Å²) in [6.07, 6.45) is -0.0527. The van der Waals surface area contributed by atoms with Gasteiger partial charge in [0.1, 0.15) is 5.75 Å². The second-order valence-corrected chi connectivity index (χ2v) is 7.06. The Labute approximate surface area is 170 Å². The molecule has 0 bridgehead atoms. The van der Waals surface area contributed by atoms with Gasteiger partial charge in [-0.1, -0.05) is 18.2 Å². The van der Waals surface area contributed by atoms with Crippen molar-refractivity contribution in [3.05, 3.63) is 59.2 Å². The molecule has 0 atom stereocenters. The van der Waals surface area contributed by atoms with Gasteiger partial charge in [-0.2, -0.15) is 0 Å². The Morgan fingerprint density at radius 2 is 1.66 bits per heavy atom. The van der Waals surface area contributed by atoms with Crippen LogP contribution in [0.25, 0.3) is 0 Å². The predicted octanol–water partition coefficient (Wildman–Crippen LogP) is 3.27. The van der Waals surface area contributed by atoms with E-state index in [9.17, 15) is 14.4 Å². The number of nitrogens with one attached hydrogen (secondary N) is 3. The summed E-state index contributed by atoms with van der Waals surface area (Å²) in [4.78, 5) is 36.2. The molecule has 154 valence electrons. The van der Waals surface area contributed by atoms with Gasteiger partial charge < -0.3 is 10.1 Å². The summed E-state index contributed by atoms with van der Waals surface area (Å²) in [5.41, 5.74) is 7.74. The van der Waals surface area contributed by atoms with E-state index in [1.165, 1.54) is 0 Å². The van der Waals surface area contributed by atoms with Crippen LogP contribution in [0.2, 0.25) is 0 Å². The van der Waals surface area contributed by atoms with Crippen LogP contribution in [0, 0.1) is 13.8 Å². The Hall–Kier alpha value is -3.35. The van der Waals surface area contributed by atoms with Gasteiger partial charge in [0.05, 0.1) is 6.10 Å². The molecule has 0 aliphatic rings. The molecule has 0 fully saturated rings. The van der Waals surface area contributed by atoms with Gasteiger partial charge in [0, 0.05) is 24.1 Å². The highest BCUT2D eigenvalue weighted by Gasteiger charge is 2.11. The molecule has 2 rings (SSSR count). The highest BCUT2D eigenvalue weighted by molar-refractivity contribution is 5.97. The summed E-state index contributed by atoms with van der Waals surface area (Å²) in [5, 5.41) is 2.80. The Morgan fingerprint density at radius 3 is 2.38 bits per heavy atom. The summed E-state index contributed by atoms with van der Waals surface area (Å²) in [7, 11) is 0. The Bertz CT molecular complexity index is 893. The topological polar surface area (TPSA) is 96.5 Å². The number of hydrazine groups is 1. The minimum absolute atomic E-state index is 0.00675. The first-order valence-electron chi connectivity index (χ1n) is 9.47. The van der Waals surface area contributed by atoms with Crippen LogP contribution in [0.4, 0.5) is 5.69 Å². The third kappa shape index (κ3) is 7.29. The summed E-state index contributed by atoms with van der Waals surface area (Å²) in [6.45, 7) is 7.63. The minimum atomic E-state index is -0.465. The maximum absolute atomic E-state index is 12.2. The van der Waals surface area contributed by atoms with Crippen molar-refractivity contribution in [2.24, 2.45) is 0 Å². The zero-order chi connectivity index (χ0) is 21.4. The van der Waals surface area contributed by atoms with E-state index in [0.29, 0.717) is 11.3 Å². The van der Waals surface area contributed by atoms with E-state index in [-0.39, 0.29) is 24.9 Å². The van der Waals surface area contributed by atoms with Crippen molar-refractivity contribution in [2.45, 2.75) is 46.6 Å². The van der Waals surface area contributed by atoms with E-state index in [0.717, 1.165) is 16.8 Å². The molecule has 29 heavy (non-hydrogen) atoms. The van der Waals surface area contributed by atoms with Crippen LogP contribution in [0.1, 0.15) is 48.2 Å². The molecular weight excluding hydrogens is 370 g/mol. The van der Waals surface area contributed by atoms with Gasteiger partial charge >= 0.3 is 0 Å². The minimum Gasteiger partial charge on any atom is -0.491 e. The average Bonchev–Trinajstić information content (AvgIpc) is 2.67. The van der Waals surface area contributed by atoms with Crippen LogP contribution in [-0.2, 0) is 9.59 Å². The maximum atomic E-state index is 12.2. The molecular formula is C22H27N3O4. The molecule has 2 aromatic rings. The molecule has 7 heteroatoms. The number of carbonyl (C=O) groups excluding carboxylic acids is 3. The largest absolute Gasteiger partial charge is 0.491 e. The van der Waals surface area contributed by atoms with E-state index in [2.05, 4.69) is 16.2 Å². The average molecular weight is 397 g/mol. The molecule has 0 aliphatic heterocycles. The number of ether oxygens (including phenoxy) is 1. The van der Waals surface area contributed by atoms with Crippen molar-refractivity contribution in [1.29, 1.82) is 0 Å². The summed E-state index contributed by atoms with van der Waals surface area (Å²) in [5.74, 6) is -0.614. The van der Waals surface area contributed by atoms with Crippen LogP contribution in [0.15, 0.2) is 42.5 Å². The standard InChI is InChI=1S/C22H27N3O4/c1-14(2)29-18-7-5-6-17(13-18)22(28)25-24-21(27)11-10-20(26)23-19-12-15(3)8-9-16(19)4/h5-9,12-14H,10-11H2,1-4H3,(H,23,26)(H,24,27)(H,25,28). The van der Waals surface area contributed by atoms with Gasteiger partial charge in [-0.25, -0.2) is 0 Å². The molecule has 0 spiro atoms. The fourth-order valence-corrected chi connectivity index (χ4v) is 2.55. The molecule has 3 N–H and O–H groups in total. The summed E-state index contributed by atoms with van der Waals surface area (Å²) in [6, 6.07) is 12.4. The zero-order valence-corrected chi connectivity index (χ0v) is 17.2. The zero-order valence-electron chi connectivity index (χ0n) is 17.2. The molecule has 0 saturated carbocycles. The van der Waals surface area contributed by atoms with Crippen molar-refractivity contribution in [1.82, 2.24) is 10.9 Å². The third-order valence-corrected chi connectivity index (χ3v) is 4.03. The molecule has 0 unspecified atom stereocenters. The first-order valence-corrected chi connectivity index (χ1v) is 9.47. The number of anilines is 1. The third-order valence-electron chi connectivity index (χ3n) is 4.03. The number of rotatable bonds is 7. The fourth-order valence-electron chi connectivity index (χ4n) is 2.55. The van der Waals surface area contributed by atoms with E-state index in [4.69, 9.17) is 4.74 Å². The van der Waals surface area contributed by atoms with Gasteiger partial charge in [-0.3, -0.25) is 25.2 Å². The van der Waals surface area contributed by atoms with Crippen LogP contribution in [0.3, 0.4) is 0 Å². The van der Waals surface area contributed by atoms with Crippen LogP contribution < -0.4 is 20.9 Å². The van der Waals surface area contributed by atoms with Gasteiger partial charge in [-0.05, 0) is 63.1 Å². The second kappa shape index (κ2) is 10.3. The molecule has 3 amide bonds. The Balaban J connectivity index is 1.78. The lowest BCUT2D eigenvalue weighted by atomic mass is 10.1. The van der Waals surface area contributed by atoms with Crippen LogP contribution >= 0.6 is 0 Å². The molecule has 0 radical (unpaired) electrons. The van der Waals surface area contributed by atoms with Crippen LogP contribution in [0.5, 0.6) is 5.75 Å². The number of benzene rings is 2. The van der Waals surface area contributed by atoms with Crippen molar-refractivity contribution >= 4 is 23.4 Å². The normalized spacial score (nSPS) is 10.4. The first-order chi connectivity index (χ1) is 13.7. The predicted molar refractivity (Wildman–Crippen MR) is 112 cm³/mol. The number of amides is 3. The van der Waals surface area contributed by atoms with E-state index in [1.807, 2.05) is 45.9 Å². The van der Waals surface area contributed by atoms with E-state index < -0.39 is 11.8 Å². The molecule has 2 aromatic carbocycles. The Morgan fingerprint density at radius 1 is 0.931 bits per heavy atom. The van der Waals surface area contributed by atoms with E-state index >= 15 is 0 Å². The SMILES string of the molecule is Cc1ccc(C)c(NC(=O)CCC(=O)NNC(=O)c2cccc(OC(C)C)c2)c1. The number of carbonyl (C=O) groups is 3. The smallest absolute Gasteiger partial charge is 0.269 e. The monoisotopic (exact) mass is 397 g/mol. The number of aryl methyl sites for hydroxylation is 2. The molecule has 0 saturated heterocycles. The van der Waals surface area contributed by atoms with Crippen molar-refractivity contribution in [3.63, 3.8) is 0 Å².